The molecular weight excluding hydrogens is 328 g/mol. The van der Waals surface area contributed by atoms with Gasteiger partial charge in [-0.1, -0.05) is 24.3 Å². The summed E-state index contributed by atoms with van der Waals surface area (Å²) in [6.07, 6.45) is 4.77. The van der Waals surface area contributed by atoms with Crippen LogP contribution < -0.4 is 5.32 Å². The number of carbonyl (C=O) groups excluding carboxylic acids is 1. The van der Waals surface area contributed by atoms with Crippen LogP contribution in [0.15, 0.2) is 30.6 Å². The van der Waals surface area contributed by atoms with Crippen molar-refractivity contribution < 1.29 is 4.79 Å². The molecule has 2 amide bonds. The summed E-state index contributed by atoms with van der Waals surface area (Å²) in [4.78, 5) is 20.8. The van der Waals surface area contributed by atoms with E-state index in [9.17, 15) is 4.79 Å². The number of carbonyl (C=O) groups is 1. The number of nitrogens with zero attached hydrogens (tertiary/aromatic N) is 5. The molecule has 0 bridgehead atoms. The zero-order chi connectivity index (χ0) is 18.4. The third-order valence-corrected chi connectivity index (χ3v) is 4.90. The Bertz CT molecular complexity index is 722. The number of likely N-dealkylation sites (tertiary alicyclic amines) is 1. The van der Waals surface area contributed by atoms with Crippen LogP contribution >= 0.6 is 0 Å². The van der Waals surface area contributed by atoms with Crippen LogP contribution in [0.25, 0.3) is 0 Å². The van der Waals surface area contributed by atoms with E-state index < -0.39 is 0 Å². The van der Waals surface area contributed by atoms with E-state index >= 15 is 0 Å². The summed E-state index contributed by atoms with van der Waals surface area (Å²) in [6, 6.07) is 8.35. The molecule has 0 aliphatic carbocycles. The maximum Gasteiger partial charge on any atom is 0.317 e. The molecular formula is C19H28N6O. The summed E-state index contributed by atoms with van der Waals surface area (Å²) in [5.74, 6) is 0.865. The molecule has 7 nitrogen and oxygen atoms in total. The second-order valence-electron chi connectivity index (χ2n) is 6.89. The quantitative estimate of drug-likeness (QED) is 0.821. The van der Waals surface area contributed by atoms with Crippen LogP contribution in [0, 0.1) is 0 Å². The standard InChI is InChI=1S/C19H28N6O/c1-23(19(26)20-10-9-18-21-15-22-24(18)2)13-16-7-3-4-8-17(16)14-25-11-5-6-12-25/h3-4,7-8,15H,5-6,9-14H2,1-2H3,(H,20,26). The summed E-state index contributed by atoms with van der Waals surface area (Å²) >= 11 is 0. The highest BCUT2D eigenvalue weighted by Crippen LogP contribution is 2.17. The van der Waals surface area contributed by atoms with E-state index in [0.717, 1.165) is 12.4 Å². The van der Waals surface area contributed by atoms with E-state index in [2.05, 4.69) is 38.5 Å². The van der Waals surface area contributed by atoms with Gasteiger partial charge in [-0.15, -0.1) is 0 Å². The van der Waals surface area contributed by atoms with Crippen LogP contribution in [-0.4, -0.2) is 57.3 Å². The molecule has 1 aliphatic heterocycles. The summed E-state index contributed by atoms with van der Waals surface area (Å²) < 4.78 is 1.73. The molecule has 2 heterocycles. The Morgan fingerprint density at radius 2 is 1.96 bits per heavy atom. The molecule has 0 radical (unpaired) electrons. The van der Waals surface area contributed by atoms with Gasteiger partial charge in [0, 0.05) is 40.2 Å². The fourth-order valence-corrected chi connectivity index (χ4v) is 3.34. The van der Waals surface area contributed by atoms with Crippen LogP contribution in [0.2, 0.25) is 0 Å². The van der Waals surface area contributed by atoms with E-state index in [1.807, 2.05) is 20.2 Å². The average molecular weight is 356 g/mol. The number of aryl methyl sites for hydroxylation is 1. The second kappa shape index (κ2) is 8.80. The minimum Gasteiger partial charge on any atom is -0.338 e. The first-order valence-electron chi connectivity index (χ1n) is 9.24. The average Bonchev–Trinajstić information content (AvgIpc) is 3.28. The van der Waals surface area contributed by atoms with Crippen LogP contribution in [0.4, 0.5) is 4.79 Å². The lowest BCUT2D eigenvalue weighted by atomic mass is 10.1. The summed E-state index contributed by atoms with van der Waals surface area (Å²) in [5.41, 5.74) is 2.53. The number of benzene rings is 1. The van der Waals surface area contributed by atoms with Crippen molar-refractivity contribution >= 4 is 6.03 Å². The van der Waals surface area contributed by atoms with Gasteiger partial charge in [0.2, 0.25) is 0 Å². The van der Waals surface area contributed by atoms with Crippen molar-refractivity contribution in [1.29, 1.82) is 0 Å². The van der Waals surface area contributed by atoms with Gasteiger partial charge < -0.3 is 10.2 Å². The fourth-order valence-electron chi connectivity index (χ4n) is 3.34. The van der Waals surface area contributed by atoms with Gasteiger partial charge in [0.05, 0.1) is 0 Å². The summed E-state index contributed by atoms with van der Waals surface area (Å²) in [6.45, 7) is 4.47. The van der Waals surface area contributed by atoms with Gasteiger partial charge in [-0.2, -0.15) is 5.10 Å². The van der Waals surface area contributed by atoms with Crippen molar-refractivity contribution in [3.05, 3.63) is 47.5 Å². The van der Waals surface area contributed by atoms with Gasteiger partial charge in [0.15, 0.2) is 0 Å². The van der Waals surface area contributed by atoms with Crippen molar-refractivity contribution in [3.8, 4) is 0 Å². The maximum absolute atomic E-state index is 12.4. The third-order valence-electron chi connectivity index (χ3n) is 4.90. The van der Waals surface area contributed by atoms with E-state index in [-0.39, 0.29) is 6.03 Å². The normalized spacial score (nSPS) is 14.5. The molecule has 1 saturated heterocycles. The van der Waals surface area contributed by atoms with Gasteiger partial charge in [-0.3, -0.25) is 9.58 Å². The van der Waals surface area contributed by atoms with E-state index in [1.54, 1.807) is 9.58 Å². The van der Waals surface area contributed by atoms with Crippen LogP contribution in [0.5, 0.6) is 0 Å². The van der Waals surface area contributed by atoms with Gasteiger partial charge in [-0.25, -0.2) is 9.78 Å². The van der Waals surface area contributed by atoms with Gasteiger partial charge in [0.1, 0.15) is 12.2 Å². The zero-order valence-corrected chi connectivity index (χ0v) is 15.7. The number of amides is 2. The molecule has 1 aliphatic rings. The highest BCUT2D eigenvalue weighted by molar-refractivity contribution is 5.73. The third kappa shape index (κ3) is 4.82. The molecule has 0 unspecified atom stereocenters. The van der Waals surface area contributed by atoms with Crippen molar-refractivity contribution in [2.75, 3.05) is 26.7 Å². The molecule has 0 saturated carbocycles. The molecule has 1 N–H and O–H groups in total. The number of rotatable bonds is 7. The topological polar surface area (TPSA) is 66.3 Å². The van der Waals surface area contributed by atoms with Crippen molar-refractivity contribution in [2.24, 2.45) is 7.05 Å². The highest BCUT2D eigenvalue weighted by Gasteiger charge is 2.15. The lowest BCUT2D eigenvalue weighted by Crippen LogP contribution is -2.38. The number of urea groups is 1. The first-order valence-corrected chi connectivity index (χ1v) is 9.24. The first kappa shape index (κ1) is 18.4. The molecule has 140 valence electrons. The Kier molecular flexibility index (Phi) is 6.22. The molecule has 0 atom stereocenters. The van der Waals surface area contributed by atoms with E-state index in [4.69, 9.17) is 0 Å². The highest BCUT2D eigenvalue weighted by atomic mass is 16.2. The maximum atomic E-state index is 12.4. The summed E-state index contributed by atoms with van der Waals surface area (Å²) in [7, 11) is 3.69. The molecule has 1 aromatic heterocycles. The molecule has 7 heteroatoms. The number of aromatic nitrogens is 3. The Labute approximate surface area is 155 Å². The van der Waals surface area contributed by atoms with Crippen LogP contribution in [0.1, 0.15) is 29.8 Å². The first-order chi connectivity index (χ1) is 12.6. The van der Waals surface area contributed by atoms with Crippen molar-refractivity contribution in [3.63, 3.8) is 0 Å². The second-order valence-corrected chi connectivity index (χ2v) is 6.89. The minimum atomic E-state index is -0.0665. The number of hydrogen-bond acceptors (Lipinski definition) is 4. The van der Waals surface area contributed by atoms with Crippen LogP contribution in [0.3, 0.4) is 0 Å². The Hall–Kier alpha value is -2.41. The molecule has 1 fully saturated rings. The Balaban J connectivity index is 1.51. The molecule has 26 heavy (non-hydrogen) atoms. The predicted molar refractivity (Wildman–Crippen MR) is 101 cm³/mol. The summed E-state index contributed by atoms with van der Waals surface area (Å²) in [5, 5.41) is 6.99. The van der Waals surface area contributed by atoms with Crippen molar-refractivity contribution in [2.45, 2.75) is 32.4 Å². The predicted octanol–water partition coefficient (Wildman–Crippen LogP) is 1.79. The molecule has 2 aromatic rings. The molecule has 1 aromatic carbocycles. The van der Waals surface area contributed by atoms with E-state index in [1.165, 1.54) is 43.4 Å². The number of nitrogens with one attached hydrogen (secondary N) is 1. The van der Waals surface area contributed by atoms with Gasteiger partial charge in [0.25, 0.3) is 0 Å². The molecule has 3 rings (SSSR count). The lowest BCUT2D eigenvalue weighted by Gasteiger charge is -2.22. The van der Waals surface area contributed by atoms with E-state index in [0.29, 0.717) is 19.5 Å². The zero-order valence-electron chi connectivity index (χ0n) is 15.7. The smallest absolute Gasteiger partial charge is 0.317 e. The monoisotopic (exact) mass is 356 g/mol. The fraction of sp³-hybridized carbons (Fsp3) is 0.526. The molecule has 0 spiro atoms. The number of hydrogen-bond donors (Lipinski definition) is 1. The minimum absolute atomic E-state index is 0.0665. The SMILES string of the molecule is CN(Cc1ccccc1CN1CCCC1)C(=O)NCCc1ncnn1C. The Morgan fingerprint density at radius 1 is 1.23 bits per heavy atom. The lowest BCUT2D eigenvalue weighted by molar-refractivity contribution is 0.206. The van der Waals surface area contributed by atoms with Crippen LogP contribution in [-0.2, 0) is 26.6 Å². The largest absolute Gasteiger partial charge is 0.338 e. The van der Waals surface area contributed by atoms with Gasteiger partial charge in [-0.05, 0) is 37.1 Å². The van der Waals surface area contributed by atoms with Crippen molar-refractivity contribution in [1.82, 2.24) is 29.9 Å². The van der Waals surface area contributed by atoms with Gasteiger partial charge >= 0.3 is 6.03 Å². The Morgan fingerprint density at radius 3 is 2.65 bits per heavy atom.